The Morgan fingerprint density at radius 3 is 2.94 bits per heavy atom. The molecule has 0 aliphatic rings. The lowest BCUT2D eigenvalue weighted by atomic mass is 10.1. The van der Waals surface area contributed by atoms with Crippen LogP contribution in [0.25, 0.3) is 0 Å². The first kappa shape index (κ1) is 11.1. The molecule has 4 N–H and O–H groups in total. The van der Waals surface area contributed by atoms with Crippen molar-refractivity contribution in [2.24, 2.45) is 0 Å². The predicted octanol–water partition coefficient (Wildman–Crippen LogP) is 0.0203. The molecule has 0 aliphatic heterocycles. The van der Waals surface area contributed by atoms with Gasteiger partial charge in [0, 0.05) is 11.3 Å². The smallest absolute Gasteiger partial charge is 0.251 e. The van der Waals surface area contributed by atoms with Crippen LogP contribution in [0.3, 0.4) is 0 Å². The standard InChI is InChI=1S/C10H12N6O/c1-6-2-7(4-8(11)3-6)10(17)12-5-9-13-15-16-14-9/h2-4H,5,11H2,1H3,(H,12,17)(H,13,14,15,16). The number of nitrogens with zero attached hydrogens (tertiary/aromatic N) is 3. The third-order valence-electron chi connectivity index (χ3n) is 2.16. The van der Waals surface area contributed by atoms with Crippen LogP contribution in [0.5, 0.6) is 0 Å². The quantitative estimate of drug-likeness (QED) is 0.646. The summed E-state index contributed by atoms with van der Waals surface area (Å²) in [6, 6.07) is 5.19. The highest BCUT2D eigenvalue weighted by Crippen LogP contribution is 2.11. The fourth-order valence-corrected chi connectivity index (χ4v) is 1.46. The van der Waals surface area contributed by atoms with Gasteiger partial charge in [0.25, 0.3) is 5.91 Å². The largest absolute Gasteiger partial charge is 0.399 e. The molecule has 0 fully saturated rings. The molecule has 1 amide bonds. The van der Waals surface area contributed by atoms with Crippen molar-refractivity contribution in [3.8, 4) is 0 Å². The van der Waals surface area contributed by atoms with Crippen LogP contribution >= 0.6 is 0 Å². The molecule has 1 aromatic heterocycles. The van der Waals surface area contributed by atoms with Crippen molar-refractivity contribution in [3.05, 3.63) is 35.2 Å². The summed E-state index contributed by atoms with van der Waals surface area (Å²) in [7, 11) is 0. The molecule has 0 aliphatic carbocycles. The van der Waals surface area contributed by atoms with Crippen LogP contribution in [-0.4, -0.2) is 26.5 Å². The summed E-state index contributed by atoms with van der Waals surface area (Å²) >= 11 is 0. The van der Waals surface area contributed by atoms with Crippen molar-refractivity contribution in [2.45, 2.75) is 13.5 Å². The minimum atomic E-state index is -0.217. The number of H-pyrrole nitrogens is 1. The number of aromatic nitrogens is 4. The summed E-state index contributed by atoms with van der Waals surface area (Å²) in [5.41, 5.74) is 7.69. The predicted molar refractivity (Wildman–Crippen MR) is 60.9 cm³/mol. The number of hydrogen-bond acceptors (Lipinski definition) is 5. The Kier molecular flexibility index (Phi) is 2.99. The van der Waals surface area contributed by atoms with E-state index in [2.05, 4.69) is 25.9 Å². The van der Waals surface area contributed by atoms with Crippen molar-refractivity contribution >= 4 is 11.6 Å². The van der Waals surface area contributed by atoms with Gasteiger partial charge in [0.15, 0.2) is 5.82 Å². The van der Waals surface area contributed by atoms with Crippen LogP contribution in [-0.2, 0) is 6.54 Å². The molecule has 0 bridgehead atoms. The second kappa shape index (κ2) is 4.60. The average Bonchev–Trinajstić information content (AvgIpc) is 2.77. The first-order valence-corrected chi connectivity index (χ1v) is 5.03. The summed E-state index contributed by atoms with van der Waals surface area (Å²) in [6.45, 7) is 2.11. The zero-order valence-electron chi connectivity index (χ0n) is 9.27. The number of nitrogens with one attached hydrogen (secondary N) is 2. The van der Waals surface area contributed by atoms with Crippen LogP contribution in [0.4, 0.5) is 5.69 Å². The Morgan fingerprint density at radius 1 is 1.47 bits per heavy atom. The van der Waals surface area contributed by atoms with Crippen LogP contribution in [0.15, 0.2) is 18.2 Å². The summed E-state index contributed by atoms with van der Waals surface area (Å²) in [5, 5.41) is 15.8. The average molecular weight is 232 g/mol. The fraction of sp³-hybridized carbons (Fsp3) is 0.200. The first-order valence-electron chi connectivity index (χ1n) is 5.03. The Bertz CT molecular complexity index is 501. The molecule has 2 aromatic rings. The van der Waals surface area contributed by atoms with Gasteiger partial charge in [-0.2, -0.15) is 5.21 Å². The Labute approximate surface area is 97.4 Å². The molecule has 88 valence electrons. The molecule has 0 radical (unpaired) electrons. The number of carbonyl (C=O) groups is 1. The summed E-state index contributed by atoms with van der Waals surface area (Å²) in [6.07, 6.45) is 0. The lowest BCUT2D eigenvalue weighted by molar-refractivity contribution is 0.0950. The Morgan fingerprint density at radius 2 is 2.29 bits per heavy atom. The third kappa shape index (κ3) is 2.77. The summed E-state index contributed by atoms with van der Waals surface area (Å²) in [5.74, 6) is 0.212. The zero-order valence-corrected chi connectivity index (χ0v) is 9.27. The van der Waals surface area contributed by atoms with Crippen molar-refractivity contribution in [1.29, 1.82) is 0 Å². The highest BCUT2D eigenvalue weighted by atomic mass is 16.1. The number of aryl methyl sites for hydroxylation is 1. The number of carbonyl (C=O) groups excluding carboxylic acids is 1. The van der Waals surface area contributed by atoms with Gasteiger partial charge < -0.3 is 11.1 Å². The normalized spacial score (nSPS) is 10.2. The molecular formula is C10H12N6O. The number of nitrogens with two attached hydrogens (primary N) is 1. The van der Waals surface area contributed by atoms with E-state index in [1.807, 2.05) is 6.92 Å². The molecule has 17 heavy (non-hydrogen) atoms. The van der Waals surface area contributed by atoms with Gasteiger partial charge in [-0.3, -0.25) is 4.79 Å². The highest BCUT2D eigenvalue weighted by Gasteiger charge is 2.07. The minimum Gasteiger partial charge on any atom is -0.399 e. The number of aromatic amines is 1. The van der Waals surface area contributed by atoms with E-state index in [1.165, 1.54) is 0 Å². The zero-order chi connectivity index (χ0) is 12.3. The van der Waals surface area contributed by atoms with Crippen molar-refractivity contribution in [3.63, 3.8) is 0 Å². The topological polar surface area (TPSA) is 110 Å². The molecule has 0 saturated heterocycles. The van der Waals surface area contributed by atoms with E-state index in [0.717, 1.165) is 5.56 Å². The molecule has 1 aromatic carbocycles. The monoisotopic (exact) mass is 232 g/mol. The molecule has 7 heteroatoms. The molecule has 1 heterocycles. The second-order valence-electron chi connectivity index (χ2n) is 3.64. The van der Waals surface area contributed by atoms with Gasteiger partial charge in [-0.05, 0) is 30.7 Å². The number of rotatable bonds is 3. The molecule has 0 unspecified atom stereocenters. The van der Waals surface area contributed by atoms with E-state index in [4.69, 9.17) is 5.73 Å². The second-order valence-corrected chi connectivity index (χ2v) is 3.64. The number of anilines is 1. The maximum Gasteiger partial charge on any atom is 0.251 e. The summed E-state index contributed by atoms with van der Waals surface area (Å²) < 4.78 is 0. The van der Waals surface area contributed by atoms with Crippen LogP contribution in [0.1, 0.15) is 21.7 Å². The van der Waals surface area contributed by atoms with Crippen molar-refractivity contribution in [2.75, 3.05) is 5.73 Å². The van der Waals surface area contributed by atoms with Gasteiger partial charge in [-0.1, -0.05) is 5.21 Å². The number of benzene rings is 1. The molecule has 0 spiro atoms. The van der Waals surface area contributed by atoms with Gasteiger partial charge in [-0.25, -0.2) is 0 Å². The van der Waals surface area contributed by atoms with Gasteiger partial charge >= 0.3 is 0 Å². The third-order valence-corrected chi connectivity index (χ3v) is 2.16. The van der Waals surface area contributed by atoms with Crippen molar-refractivity contribution in [1.82, 2.24) is 25.9 Å². The number of nitrogen functional groups attached to an aromatic ring is 1. The van der Waals surface area contributed by atoms with E-state index in [-0.39, 0.29) is 12.5 Å². The van der Waals surface area contributed by atoms with E-state index in [1.54, 1.807) is 18.2 Å². The molecular weight excluding hydrogens is 220 g/mol. The highest BCUT2D eigenvalue weighted by molar-refractivity contribution is 5.95. The number of hydrogen-bond donors (Lipinski definition) is 3. The summed E-state index contributed by atoms with van der Waals surface area (Å²) in [4.78, 5) is 11.8. The van der Waals surface area contributed by atoms with E-state index < -0.39 is 0 Å². The maximum atomic E-state index is 11.8. The number of amides is 1. The van der Waals surface area contributed by atoms with E-state index in [0.29, 0.717) is 17.1 Å². The van der Waals surface area contributed by atoms with E-state index >= 15 is 0 Å². The molecule has 0 atom stereocenters. The van der Waals surface area contributed by atoms with Gasteiger partial charge in [0.2, 0.25) is 0 Å². The lowest BCUT2D eigenvalue weighted by Gasteiger charge is -2.05. The molecule has 2 rings (SSSR count). The fourth-order valence-electron chi connectivity index (χ4n) is 1.46. The SMILES string of the molecule is Cc1cc(N)cc(C(=O)NCc2nn[nH]n2)c1. The molecule has 0 saturated carbocycles. The van der Waals surface area contributed by atoms with Gasteiger partial charge in [0.1, 0.15) is 0 Å². The van der Waals surface area contributed by atoms with Crippen molar-refractivity contribution < 1.29 is 4.79 Å². The van der Waals surface area contributed by atoms with Crippen LogP contribution in [0.2, 0.25) is 0 Å². The van der Waals surface area contributed by atoms with Gasteiger partial charge in [0.05, 0.1) is 6.54 Å². The molecule has 7 nitrogen and oxygen atoms in total. The van der Waals surface area contributed by atoms with Crippen LogP contribution < -0.4 is 11.1 Å². The first-order chi connectivity index (χ1) is 8.15. The minimum absolute atomic E-state index is 0.217. The van der Waals surface area contributed by atoms with E-state index in [9.17, 15) is 4.79 Å². The van der Waals surface area contributed by atoms with Gasteiger partial charge in [-0.15, -0.1) is 10.2 Å². The Hall–Kier alpha value is -2.44. The maximum absolute atomic E-state index is 11.8. The number of tetrazole rings is 1. The lowest BCUT2D eigenvalue weighted by Crippen LogP contribution is -2.23. The van der Waals surface area contributed by atoms with Crippen LogP contribution in [0, 0.1) is 6.92 Å². The Balaban J connectivity index is 2.04.